The minimum absolute atomic E-state index is 0.0548. The van der Waals surface area contributed by atoms with E-state index in [4.69, 9.17) is 15.7 Å². The van der Waals surface area contributed by atoms with Crippen molar-refractivity contribution in [1.82, 2.24) is 9.96 Å². The molecule has 0 aromatic rings. The third-order valence-electron chi connectivity index (χ3n) is 4.81. The topological polar surface area (TPSA) is 82.7 Å². The highest BCUT2D eigenvalue weighted by molar-refractivity contribution is 6.74. The first-order valence-electron chi connectivity index (χ1n) is 7.17. The fraction of sp³-hybridized carbons (Fsp3) is 0.846. The van der Waals surface area contributed by atoms with Gasteiger partial charge in [0, 0.05) is 6.54 Å². The minimum atomic E-state index is -2.03. The van der Waals surface area contributed by atoms with Gasteiger partial charge in [0.25, 0.3) is 0 Å². The first-order chi connectivity index (χ1) is 9.04. The first kappa shape index (κ1) is 15.3. The predicted molar refractivity (Wildman–Crippen MR) is 80.9 cm³/mol. The third-order valence-corrected chi connectivity index (χ3v) is 9.08. The number of nitrogens with zero attached hydrogens (tertiary/aromatic N) is 2. The number of carbonyl (C=O) groups excluding carboxylic acids is 1. The lowest BCUT2D eigenvalue weighted by atomic mass is 10.0. The van der Waals surface area contributed by atoms with Crippen LogP contribution < -0.4 is 5.73 Å². The number of nitrogens with one attached hydrogen (secondary N) is 1. The van der Waals surface area contributed by atoms with Gasteiger partial charge in [0.2, 0.25) is 8.32 Å². The third kappa shape index (κ3) is 2.44. The largest absolute Gasteiger partial charge is 0.386 e. The number of hydroxylamine groups is 2. The molecule has 2 fully saturated rings. The summed E-state index contributed by atoms with van der Waals surface area (Å²) in [5.41, 5.74) is 5.59. The van der Waals surface area contributed by atoms with Crippen LogP contribution in [0.2, 0.25) is 18.1 Å². The molecule has 114 valence electrons. The van der Waals surface area contributed by atoms with E-state index in [0.717, 1.165) is 12.8 Å². The average molecular weight is 298 g/mol. The molecule has 2 rings (SSSR count). The monoisotopic (exact) mass is 298 g/mol. The second-order valence-corrected chi connectivity index (χ2v) is 12.0. The molecule has 2 amide bonds. The van der Waals surface area contributed by atoms with E-state index >= 15 is 0 Å². The van der Waals surface area contributed by atoms with Crippen LogP contribution in [0, 0.1) is 5.41 Å². The van der Waals surface area contributed by atoms with E-state index in [-0.39, 0.29) is 29.0 Å². The van der Waals surface area contributed by atoms with Crippen molar-refractivity contribution in [3.8, 4) is 0 Å². The van der Waals surface area contributed by atoms with Crippen LogP contribution in [0.4, 0.5) is 4.79 Å². The normalized spacial score (nSPS) is 27.1. The molecule has 0 aliphatic carbocycles. The number of urea groups is 1. The van der Waals surface area contributed by atoms with Gasteiger partial charge >= 0.3 is 6.03 Å². The highest BCUT2D eigenvalue weighted by Gasteiger charge is 2.50. The quantitative estimate of drug-likeness (QED) is 0.475. The molecule has 6 nitrogen and oxygen atoms in total. The van der Waals surface area contributed by atoms with E-state index in [9.17, 15) is 4.79 Å². The van der Waals surface area contributed by atoms with Crippen LogP contribution in [0.25, 0.3) is 0 Å². The van der Waals surface area contributed by atoms with Crippen LogP contribution in [0.15, 0.2) is 0 Å². The standard InChI is InChI=1S/C13H26N4O2Si/c1-13(2,3)20(4,5)19-17-9-6-7-10(11(14)15)16(8-9)12(17)18/h9-10H,6-8H2,1-5H3,(H3,14,15)/t9-,10+/m1/s1. The molecule has 2 saturated heterocycles. The Kier molecular flexibility index (Phi) is 3.62. The second-order valence-electron chi connectivity index (χ2n) is 7.31. The Morgan fingerprint density at radius 3 is 2.50 bits per heavy atom. The van der Waals surface area contributed by atoms with Crippen molar-refractivity contribution in [2.45, 2.75) is 63.8 Å². The maximum absolute atomic E-state index is 12.5. The number of fused-ring (bicyclic) bond motifs is 2. The van der Waals surface area contributed by atoms with Gasteiger partial charge in [0.1, 0.15) is 5.84 Å². The lowest BCUT2D eigenvalue weighted by Gasteiger charge is -2.39. The molecule has 0 radical (unpaired) electrons. The zero-order chi connectivity index (χ0) is 15.3. The number of nitrogens with two attached hydrogens (primary N) is 1. The van der Waals surface area contributed by atoms with Crippen molar-refractivity contribution >= 4 is 20.2 Å². The van der Waals surface area contributed by atoms with Gasteiger partial charge in [-0.3, -0.25) is 5.41 Å². The molecule has 2 aliphatic heterocycles. The molecule has 2 bridgehead atoms. The van der Waals surface area contributed by atoms with Gasteiger partial charge in [-0.15, -0.1) is 0 Å². The van der Waals surface area contributed by atoms with Crippen molar-refractivity contribution < 1.29 is 9.32 Å². The molecule has 0 aromatic heterocycles. The predicted octanol–water partition coefficient (Wildman–Crippen LogP) is 2.13. The van der Waals surface area contributed by atoms with Crippen LogP contribution in [-0.2, 0) is 4.53 Å². The summed E-state index contributed by atoms with van der Waals surface area (Å²) < 4.78 is 6.19. The van der Waals surface area contributed by atoms with Crippen LogP contribution in [0.1, 0.15) is 33.6 Å². The summed E-state index contributed by atoms with van der Waals surface area (Å²) in [4.78, 5) is 14.2. The SMILES string of the molecule is CC(C)(C)[Si](C)(C)ON1C(=O)N2C[C@H]1CC[C@H]2C(=N)N. The number of rotatable bonds is 3. The minimum Gasteiger partial charge on any atom is -0.386 e. The molecular weight excluding hydrogens is 272 g/mol. The number of amidine groups is 1. The highest BCUT2D eigenvalue weighted by atomic mass is 28.4. The molecule has 0 spiro atoms. The zero-order valence-corrected chi connectivity index (χ0v) is 14.1. The number of carbonyl (C=O) groups is 1. The van der Waals surface area contributed by atoms with E-state index in [1.54, 1.807) is 9.96 Å². The van der Waals surface area contributed by atoms with Crippen molar-refractivity contribution in [1.29, 1.82) is 5.41 Å². The Hall–Kier alpha value is -1.08. The Morgan fingerprint density at radius 1 is 1.40 bits per heavy atom. The Morgan fingerprint density at radius 2 is 2.00 bits per heavy atom. The average Bonchev–Trinajstić information content (AvgIpc) is 2.52. The summed E-state index contributed by atoms with van der Waals surface area (Å²) in [7, 11) is -2.03. The van der Waals surface area contributed by atoms with Gasteiger partial charge in [-0.25, -0.2) is 9.86 Å². The van der Waals surface area contributed by atoms with E-state index in [1.165, 1.54) is 0 Å². The highest BCUT2D eigenvalue weighted by Crippen LogP contribution is 2.40. The Balaban J connectivity index is 2.16. The molecule has 2 atom stereocenters. The summed E-state index contributed by atoms with van der Waals surface area (Å²) in [6.07, 6.45) is 1.60. The Labute approximate surface area is 121 Å². The lowest BCUT2D eigenvalue weighted by Crippen LogP contribution is -2.49. The lowest BCUT2D eigenvalue weighted by molar-refractivity contribution is -0.0426. The smallest absolute Gasteiger partial charge is 0.343 e. The number of hydrogen-bond donors (Lipinski definition) is 2. The summed E-state index contributed by atoms with van der Waals surface area (Å²) in [6.45, 7) is 11.4. The fourth-order valence-corrected chi connectivity index (χ4v) is 3.45. The van der Waals surface area contributed by atoms with E-state index in [1.807, 2.05) is 0 Å². The van der Waals surface area contributed by atoms with Gasteiger partial charge in [0.15, 0.2) is 0 Å². The van der Waals surface area contributed by atoms with Crippen LogP contribution in [0.5, 0.6) is 0 Å². The molecule has 2 aliphatic rings. The summed E-state index contributed by atoms with van der Waals surface area (Å²) in [5, 5.41) is 9.23. The zero-order valence-electron chi connectivity index (χ0n) is 13.1. The molecule has 0 unspecified atom stereocenters. The van der Waals surface area contributed by atoms with Crippen molar-refractivity contribution in [2.24, 2.45) is 5.73 Å². The summed E-state index contributed by atoms with van der Waals surface area (Å²) in [5.74, 6) is 0.0750. The second kappa shape index (κ2) is 4.73. The first-order valence-corrected chi connectivity index (χ1v) is 10.1. The fourth-order valence-electron chi connectivity index (χ4n) is 2.46. The maximum atomic E-state index is 12.5. The summed E-state index contributed by atoms with van der Waals surface area (Å²) >= 11 is 0. The van der Waals surface area contributed by atoms with Crippen molar-refractivity contribution in [2.75, 3.05) is 6.54 Å². The number of hydrogen-bond acceptors (Lipinski definition) is 3. The van der Waals surface area contributed by atoms with Gasteiger partial charge in [-0.05, 0) is 31.0 Å². The molecule has 3 N–H and O–H groups in total. The number of piperidine rings is 1. The van der Waals surface area contributed by atoms with E-state index in [2.05, 4.69) is 33.9 Å². The van der Waals surface area contributed by atoms with Gasteiger partial charge in [-0.1, -0.05) is 20.8 Å². The molecule has 2 heterocycles. The molecule has 7 heteroatoms. The molecule has 20 heavy (non-hydrogen) atoms. The van der Waals surface area contributed by atoms with Crippen LogP contribution in [-0.4, -0.2) is 48.8 Å². The molecule has 0 aromatic carbocycles. The van der Waals surface area contributed by atoms with Crippen LogP contribution in [0.3, 0.4) is 0 Å². The molecular formula is C13H26N4O2Si. The summed E-state index contributed by atoms with van der Waals surface area (Å²) in [6, 6.07) is -0.281. The Bertz CT molecular complexity index is 433. The van der Waals surface area contributed by atoms with Crippen molar-refractivity contribution in [3.05, 3.63) is 0 Å². The molecule has 0 saturated carbocycles. The van der Waals surface area contributed by atoms with Gasteiger partial charge < -0.3 is 15.2 Å². The van der Waals surface area contributed by atoms with Crippen molar-refractivity contribution in [3.63, 3.8) is 0 Å². The maximum Gasteiger partial charge on any atom is 0.343 e. The van der Waals surface area contributed by atoms with Gasteiger partial charge in [0.05, 0.1) is 12.1 Å². The van der Waals surface area contributed by atoms with E-state index < -0.39 is 8.32 Å². The van der Waals surface area contributed by atoms with E-state index in [0.29, 0.717) is 6.54 Å². The van der Waals surface area contributed by atoms with Crippen LogP contribution >= 0.6 is 0 Å². The number of amides is 2. The van der Waals surface area contributed by atoms with Gasteiger partial charge in [-0.2, -0.15) is 0 Å².